The van der Waals surface area contributed by atoms with E-state index in [4.69, 9.17) is 9.47 Å². The van der Waals surface area contributed by atoms with Gasteiger partial charge in [0.2, 0.25) is 0 Å². The molecule has 2 aromatic rings. The molecule has 0 aliphatic rings. The van der Waals surface area contributed by atoms with Gasteiger partial charge in [-0.15, -0.1) is 0 Å². The van der Waals surface area contributed by atoms with Crippen LogP contribution in [0.4, 0.5) is 4.39 Å². The van der Waals surface area contributed by atoms with Gasteiger partial charge in [-0.05, 0) is 61.1 Å². The standard InChI is InChI=1S/C23H29FO3/c1-3-20(23(25)26-2)10-6-4-5-8-18-9-7-11-22(16-18)27-17-19-12-14-21(24)15-13-19/h7,9,11-16,20H,3-6,8,10,17H2,1-2H3. The number of esters is 1. The summed E-state index contributed by atoms with van der Waals surface area (Å²) >= 11 is 0. The van der Waals surface area contributed by atoms with Crippen LogP contribution in [0.1, 0.15) is 50.2 Å². The van der Waals surface area contributed by atoms with Crippen LogP contribution in [0.2, 0.25) is 0 Å². The molecule has 2 aromatic carbocycles. The summed E-state index contributed by atoms with van der Waals surface area (Å²) in [6, 6.07) is 14.5. The molecule has 0 aromatic heterocycles. The van der Waals surface area contributed by atoms with E-state index in [-0.39, 0.29) is 17.7 Å². The van der Waals surface area contributed by atoms with Gasteiger partial charge in [0.25, 0.3) is 0 Å². The van der Waals surface area contributed by atoms with Gasteiger partial charge in [0.15, 0.2) is 0 Å². The van der Waals surface area contributed by atoms with Crippen molar-refractivity contribution < 1.29 is 18.7 Å². The number of hydrogen-bond acceptors (Lipinski definition) is 3. The van der Waals surface area contributed by atoms with Gasteiger partial charge >= 0.3 is 5.97 Å². The lowest BCUT2D eigenvalue weighted by atomic mass is 9.97. The van der Waals surface area contributed by atoms with Crippen LogP contribution in [0.15, 0.2) is 48.5 Å². The van der Waals surface area contributed by atoms with Crippen molar-refractivity contribution in [3.63, 3.8) is 0 Å². The van der Waals surface area contributed by atoms with Crippen LogP contribution in [-0.4, -0.2) is 13.1 Å². The van der Waals surface area contributed by atoms with Gasteiger partial charge in [0.1, 0.15) is 18.2 Å². The normalized spacial score (nSPS) is 11.8. The Morgan fingerprint density at radius 3 is 2.52 bits per heavy atom. The molecule has 3 nitrogen and oxygen atoms in total. The summed E-state index contributed by atoms with van der Waals surface area (Å²) < 4.78 is 23.6. The highest BCUT2D eigenvalue weighted by Crippen LogP contribution is 2.19. The molecule has 0 aliphatic carbocycles. The first-order valence-corrected chi connectivity index (χ1v) is 9.66. The van der Waals surface area contributed by atoms with E-state index in [1.54, 1.807) is 12.1 Å². The molecule has 0 radical (unpaired) electrons. The molecular formula is C23H29FO3. The zero-order valence-corrected chi connectivity index (χ0v) is 16.2. The highest BCUT2D eigenvalue weighted by atomic mass is 19.1. The first-order valence-electron chi connectivity index (χ1n) is 9.66. The number of benzene rings is 2. The van der Waals surface area contributed by atoms with Crippen LogP contribution in [0, 0.1) is 11.7 Å². The fourth-order valence-corrected chi connectivity index (χ4v) is 3.09. The third-order valence-corrected chi connectivity index (χ3v) is 4.76. The minimum absolute atomic E-state index is 0.0261. The number of rotatable bonds is 11. The monoisotopic (exact) mass is 372 g/mol. The number of hydrogen-bond donors (Lipinski definition) is 0. The maximum absolute atomic E-state index is 12.9. The predicted molar refractivity (Wildman–Crippen MR) is 105 cm³/mol. The summed E-state index contributed by atoms with van der Waals surface area (Å²) in [5, 5.41) is 0. The fourth-order valence-electron chi connectivity index (χ4n) is 3.09. The largest absolute Gasteiger partial charge is 0.489 e. The van der Waals surface area contributed by atoms with Gasteiger partial charge in [-0.1, -0.05) is 44.0 Å². The number of aryl methyl sites for hydroxylation is 1. The Balaban J connectivity index is 1.72. The second kappa shape index (κ2) is 11.4. The maximum atomic E-state index is 12.9. The molecule has 0 bridgehead atoms. The van der Waals surface area contributed by atoms with E-state index in [0.717, 1.165) is 49.8 Å². The Hall–Kier alpha value is -2.36. The van der Waals surface area contributed by atoms with Gasteiger partial charge in [-0.2, -0.15) is 0 Å². The molecule has 0 N–H and O–H groups in total. The molecule has 2 rings (SSSR count). The quantitative estimate of drug-likeness (QED) is 0.374. The molecule has 4 heteroatoms. The van der Waals surface area contributed by atoms with E-state index in [2.05, 4.69) is 12.1 Å². The molecule has 1 unspecified atom stereocenters. The number of methoxy groups -OCH3 is 1. The molecule has 27 heavy (non-hydrogen) atoms. The third-order valence-electron chi connectivity index (χ3n) is 4.76. The van der Waals surface area contributed by atoms with Crippen LogP contribution >= 0.6 is 0 Å². The second-order valence-electron chi connectivity index (χ2n) is 6.79. The SMILES string of the molecule is CCC(CCCCCc1cccc(OCc2ccc(F)cc2)c1)C(=O)OC. The summed E-state index contributed by atoms with van der Waals surface area (Å²) in [6.45, 7) is 2.45. The van der Waals surface area contributed by atoms with E-state index >= 15 is 0 Å². The first-order chi connectivity index (χ1) is 13.1. The zero-order chi connectivity index (χ0) is 19.5. The minimum Gasteiger partial charge on any atom is -0.489 e. The van der Waals surface area contributed by atoms with Crippen molar-refractivity contribution in [2.75, 3.05) is 7.11 Å². The van der Waals surface area contributed by atoms with E-state index in [0.29, 0.717) is 6.61 Å². The van der Waals surface area contributed by atoms with Gasteiger partial charge in [0.05, 0.1) is 13.0 Å². The van der Waals surface area contributed by atoms with E-state index in [1.807, 2.05) is 19.1 Å². The maximum Gasteiger partial charge on any atom is 0.308 e. The molecular weight excluding hydrogens is 343 g/mol. The summed E-state index contributed by atoms with van der Waals surface area (Å²) in [5.74, 6) is 0.521. The number of halogens is 1. The van der Waals surface area contributed by atoms with E-state index in [1.165, 1.54) is 24.8 Å². The summed E-state index contributed by atoms with van der Waals surface area (Å²) in [4.78, 5) is 11.6. The number of carbonyl (C=O) groups excluding carboxylic acids is 1. The van der Waals surface area contributed by atoms with Crippen molar-refractivity contribution in [1.29, 1.82) is 0 Å². The lowest BCUT2D eigenvalue weighted by Gasteiger charge is -2.12. The molecule has 0 saturated heterocycles. The summed E-state index contributed by atoms with van der Waals surface area (Å²) in [5.41, 5.74) is 2.18. The fraction of sp³-hybridized carbons (Fsp3) is 0.435. The molecule has 0 heterocycles. The first kappa shape index (κ1) is 20.9. The highest BCUT2D eigenvalue weighted by Gasteiger charge is 2.15. The van der Waals surface area contributed by atoms with Crippen LogP contribution in [0.5, 0.6) is 5.75 Å². The predicted octanol–water partition coefficient (Wildman–Crippen LogP) is 5.71. The molecule has 0 fully saturated rings. The Morgan fingerprint density at radius 1 is 1.04 bits per heavy atom. The van der Waals surface area contributed by atoms with Crippen molar-refractivity contribution in [2.45, 2.75) is 52.1 Å². The van der Waals surface area contributed by atoms with Crippen molar-refractivity contribution >= 4 is 5.97 Å². The molecule has 1 atom stereocenters. The van der Waals surface area contributed by atoms with Gasteiger partial charge < -0.3 is 9.47 Å². The van der Waals surface area contributed by atoms with Crippen LogP contribution in [-0.2, 0) is 22.6 Å². The van der Waals surface area contributed by atoms with Crippen molar-refractivity contribution in [3.05, 3.63) is 65.5 Å². The summed E-state index contributed by atoms with van der Waals surface area (Å²) in [7, 11) is 1.45. The van der Waals surface area contributed by atoms with Crippen LogP contribution in [0.25, 0.3) is 0 Å². The van der Waals surface area contributed by atoms with Crippen LogP contribution < -0.4 is 4.74 Å². The van der Waals surface area contributed by atoms with Crippen molar-refractivity contribution in [1.82, 2.24) is 0 Å². The average Bonchev–Trinajstić information content (AvgIpc) is 2.70. The zero-order valence-electron chi connectivity index (χ0n) is 16.2. The Morgan fingerprint density at radius 2 is 1.81 bits per heavy atom. The average molecular weight is 372 g/mol. The topological polar surface area (TPSA) is 35.5 Å². The third kappa shape index (κ3) is 7.41. The van der Waals surface area contributed by atoms with Gasteiger partial charge in [0, 0.05) is 0 Å². The lowest BCUT2D eigenvalue weighted by molar-refractivity contribution is -0.145. The van der Waals surface area contributed by atoms with Gasteiger partial charge in [-0.25, -0.2) is 4.39 Å². The molecule has 0 aliphatic heterocycles. The van der Waals surface area contributed by atoms with Crippen molar-refractivity contribution in [2.24, 2.45) is 5.92 Å². The molecule has 146 valence electrons. The number of carbonyl (C=O) groups is 1. The number of ether oxygens (including phenoxy) is 2. The minimum atomic E-state index is -0.238. The second-order valence-corrected chi connectivity index (χ2v) is 6.79. The van der Waals surface area contributed by atoms with Crippen LogP contribution in [0.3, 0.4) is 0 Å². The molecule has 0 saturated carbocycles. The Labute approximate surface area is 161 Å². The Kier molecular flexibility index (Phi) is 8.82. The molecule has 0 amide bonds. The lowest BCUT2D eigenvalue weighted by Crippen LogP contribution is -2.15. The van der Waals surface area contributed by atoms with Crippen molar-refractivity contribution in [3.8, 4) is 5.75 Å². The highest BCUT2D eigenvalue weighted by molar-refractivity contribution is 5.72. The molecule has 0 spiro atoms. The van der Waals surface area contributed by atoms with E-state index < -0.39 is 0 Å². The summed E-state index contributed by atoms with van der Waals surface area (Å²) in [6.07, 6.45) is 5.93. The smallest absolute Gasteiger partial charge is 0.308 e. The Bertz CT molecular complexity index is 697. The van der Waals surface area contributed by atoms with Gasteiger partial charge in [-0.3, -0.25) is 4.79 Å². The number of unbranched alkanes of at least 4 members (excludes halogenated alkanes) is 2. The van der Waals surface area contributed by atoms with E-state index in [9.17, 15) is 9.18 Å².